The number of rotatable bonds is 13. The molecule has 0 saturated heterocycles. The number of sulfonamides is 1. The summed E-state index contributed by atoms with van der Waals surface area (Å²) < 4.78 is 29.6. The molecule has 2 atom stereocenters. The number of halogens is 2. The van der Waals surface area contributed by atoms with E-state index in [4.69, 9.17) is 23.2 Å². The molecule has 0 spiro atoms. The van der Waals surface area contributed by atoms with Crippen LogP contribution in [0.5, 0.6) is 0 Å². The van der Waals surface area contributed by atoms with E-state index in [0.29, 0.717) is 27.7 Å². The van der Waals surface area contributed by atoms with Gasteiger partial charge in [-0.3, -0.25) is 13.9 Å². The zero-order chi connectivity index (χ0) is 33.4. The number of nitrogens with one attached hydrogen (secondary N) is 1. The second-order valence-corrected chi connectivity index (χ2v) is 14.2. The predicted octanol–water partition coefficient (Wildman–Crippen LogP) is 7.36. The maximum absolute atomic E-state index is 14.6. The number of nitrogens with zero attached hydrogens (tertiary/aromatic N) is 2. The molecule has 0 bridgehead atoms. The summed E-state index contributed by atoms with van der Waals surface area (Å²) in [7, 11) is -4.22. The molecular weight excluding hydrogens is 641 g/mol. The van der Waals surface area contributed by atoms with E-state index in [-0.39, 0.29) is 29.8 Å². The SMILES string of the molecule is CC[C@@H](C)NC(=O)[C@@H](Cc1ccccc1)N(Cc1ccc(Cl)cc1)C(=O)CN(c1ccc(Cl)cc1C)S(=O)(=O)c1ccc(C)cc1. The number of amides is 2. The lowest BCUT2D eigenvalue weighted by Gasteiger charge is -2.34. The van der Waals surface area contributed by atoms with Gasteiger partial charge in [-0.25, -0.2) is 8.42 Å². The third kappa shape index (κ3) is 8.90. The summed E-state index contributed by atoms with van der Waals surface area (Å²) in [6.45, 7) is 6.99. The van der Waals surface area contributed by atoms with E-state index < -0.39 is 28.5 Å². The highest BCUT2D eigenvalue weighted by Crippen LogP contribution is 2.30. The number of anilines is 1. The molecule has 0 aliphatic carbocycles. The topological polar surface area (TPSA) is 86.8 Å². The van der Waals surface area contributed by atoms with E-state index in [1.54, 1.807) is 61.5 Å². The third-order valence-electron chi connectivity index (χ3n) is 7.85. The van der Waals surface area contributed by atoms with Gasteiger partial charge in [-0.2, -0.15) is 0 Å². The van der Waals surface area contributed by atoms with Crippen molar-refractivity contribution in [2.75, 3.05) is 10.8 Å². The van der Waals surface area contributed by atoms with Crippen LogP contribution in [0.15, 0.2) is 102 Å². The molecule has 0 aliphatic heterocycles. The highest BCUT2D eigenvalue weighted by atomic mass is 35.5. The molecule has 0 heterocycles. The van der Waals surface area contributed by atoms with Crippen molar-refractivity contribution < 1.29 is 18.0 Å². The Morgan fingerprint density at radius 1 is 0.826 bits per heavy atom. The highest BCUT2D eigenvalue weighted by molar-refractivity contribution is 7.92. The number of aryl methyl sites for hydroxylation is 2. The summed E-state index contributed by atoms with van der Waals surface area (Å²) in [6, 6.07) is 26.7. The first-order valence-electron chi connectivity index (χ1n) is 15.1. The predicted molar refractivity (Wildman–Crippen MR) is 186 cm³/mol. The van der Waals surface area contributed by atoms with Gasteiger partial charge in [0.1, 0.15) is 12.6 Å². The molecule has 0 radical (unpaired) electrons. The van der Waals surface area contributed by atoms with Gasteiger partial charge in [0.25, 0.3) is 10.0 Å². The van der Waals surface area contributed by atoms with Crippen LogP contribution in [0.3, 0.4) is 0 Å². The van der Waals surface area contributed by atoms with Gasteiger partial charge in [0.2, 0.25) is 11.8 Å². The quantitative estimate of drug-likeness (QED) is 0.160. The Hall–Kier alpha value is -3.85. The molecule has 0 saturated carbocycles. The van der Waals surface area contributed by atoms with Crippen molar-refractivity contribution >= 4 is 50.7 Å². The van der Waals surface area contributed by atoms with Gasteiger partial charge >= 0.3 is 0 Å². The van der Waals surface area contributed by atoms with Crippen molar-refractivity contribution in [1.29, 1.82) is 0 Å². The van der Waals surface area contributed by atoms with Crippen LogP contribution in [0.25, 0.3) is 0 Å². The number of hydrogen-bond acceptors (Lipinski definition) is 4. The van der Waals surface area contributed by atoms with Crippen LogP contribution in [0, 0.1) is 13.8 Å². The van der Waals surface area contributed by atoms with Crippen LogP contribution in [0.4, 0.5) is 5.69 Å². The van der Waals surface area contributed by atoms with Gasteiger partial charge in [-0.15, -0.1) is 0 Å². The second-order valence-electron chi connectivity index (χ2n) is 11.4. The minimum atomic E-state index is -4.22. The Morgan fingerprint density at radius 2 is 1.46 bits per heavy atom. The monoisotopic (exact) mass is 679 g/mol. The summed E-state index contributed by atoms with van der Waals surface area (Å²) in [4.78, 5) is 30.0. The fourth-order valence-electron chi connectivity index (χ4n) is 5.03. The van der Waals surface area contributed by atoms with E-state index in [9.17, 15) is 18.0 Å². The molecule has 242 valence electrons. The van der Waals surface area contributed by atoms with Crippen LogP contribution in [-0.4, -0.2) is 43.8 Å². The molecule has 4 aromatic rings. The summed E-state index contributed by atoms with van der Waals surface area (Å²) in [5, 5.41) is 4.01. The van der Waals surface area contributed by atoms with Gasteiger partial charge in [0.15, 0.2) is 0 Å². The minimum Gasteiger partial charge on any atom is -0.352 e. The van der Waals surface area contributed by atoms with Crippen LogP contribution in [0.1, 0.15) is 42.5 Å². The van der Waals surface area contributed by atoms with Crippen LogP contribution >= 0.6 is 23.2 Å². The van der Waals surface area contributed by atoms with E-state index in [1.807, 2.05) is 51.1 Å². The molecule has 7 nitrogen and oxygen atoms in total. The summed E-state index contributed by atoms with van der Waals surface area (Å²) in [5.74, 6) is -0.864. The average molecular weight is 681 g/mol. The first-order valence-corrected chi connectivity index (χ1v) is 17.3. The molecule has 0 aromatic heterocycles. The standard InChI is InChI=1S/C36H39Cl2N3O4S/c1-5-27(4)39-36(43)34(22-28-9-7-6-8-10-28)40(23-29-13-15-30(37)16-14-29)35(42)24-41(33-20-17-31(38)21-26(33)3)46(44,45)32-18-11-25(2)12-19-32/h6-21,27,34H,5,22-24H2,1-4H3,(H,39,43)/t27-,34-/m1/s1. The molecule has 4 aromatic carbocycles. The molecular formula is C36H39Cl2N3O4S. The fourth-order valence-corrected chi connectivity index (χ4v) is 6.86. The Bertz CT molecular complexity index is 1750. The normalized spacial score (nSPS) is 12.7. The van der Waals surface area contributed by atoms with Crippen molar-refractivity contribution in [2.24, 2.45) is 0 Å². The van der Waals surface area contributed by atoms with Crippen molar-refractivity contribution in [3.8, 4) is 0 Å². The Morgan fingerprint density at radius 3 is 2.07 bits per heavy atom. The Balaban J connectivity index is 1.83. The average Bonchev–Trinajstić information content (AvgIpc) is 3.03. The molecule has 1 N–H and O–H groups in total. The summed E-state index contributed by atoms with van der Waals surface area (Å²) in [5.41, 5.74) is 3.39. The van der Waals surface area contributed by atoms with Crippen molar-refractivity contribution in [1.82, 2.24) is 10.2 Å². The molecule has 46 heavy (non-hydrogen) atoms. The summed E-state index contributed by atoms with van der Waals surface area (Å²) >= 11 is 12.4. The van der Waals surface area contributed by atoms with E-state index >= 15 is 0 Å². The zero-order valence-corrected chi connectivity index (χ0v) is 28.7. The number of carbonyl (C=O) groups is 2. The van der Waals surface area contributed by atoms with Crippen molar-refractivity contribution in [3.05, 3.63) is 129 Å². The lowest BCUT2D eigenvalue weighted by Crippen LogP contribution is -2.54. The van der Waals surface area contributed by atoms with Crippen LogP contribution in [0.2, 0.25) is 10.0 Å². The maximum atomic E-state index is 14.6. The van der Waals surface area contributed by atoms with Gasteiger partial charge in [-0.1, -0.05) is 90.3 Å². The molecule has 0 unspecified atom stereocenters. The lowest BCUT2D eigenvalue weighted by atomic mass is 10.0. The van der Waals surface area contributed by atoms with Gasteiger partial charge in [0.05, 0.1) is 10.6 Å². The van der Waals surface area contributed by atoms with Crippen LogP contribution < -0.4 is 9.62 Å². The van der Waals surface area contributed by atoms with Gasteiger partial charge in [-0.05, 0) is 86.3 Å². The minimum absolute atomic E-state index is 0.0415. The first kappa shape index (κ1) is 35.0. The number of carbonyl (C=O) groups excluding carboxylic acids is 2. The second kappa shape index (κ2) is 15.6. The van der Waals surface area contributed by atoms with Crippen molar-refractivity contribution in [3.63, 3.8) is 0 Å². The molecule has 2 amide bonds. The maximum Gasteiger partial charge on any atom is 0.264 e. The van der Waals surface area contributed by atoms with Gasteiger partial charge in [0, 0.05) is 29.1 Å². The largest absolute Gasteiger partial charge is 0.352 e. The number of benzene rings is 4. The van der Waals surface area contributed by atoms with E-state index in [1.165, 1.54) is 17.0 Å². The van der Waals surface area contributed by atoms with Crippen LogP contribution in [-0.2, 0) is 32.6 Å². The lowest BCUT2D eigenvalue weighted by molar-refractivity contribution is -0.140. The zero-order valence-electron chi connectivity index (χ0n) is 26.4. The molecule has 0 fully saturated rings. The first-order chi connectivity index (χ1) is 21.9. The van der Waals surface area contributed by atoms with E-state index in [0.717, 1.165) is 21.0 Å². The Kier molecular flexibility index (Phi) is 11.9. The Labute approximate surface area is 282 Å². The molecule has 0 aliphatic rings. The van der Waals surface area contributed by atoms with E-state index in [2.05, 4.69) is 5.32 Å². The smallest absolute Gasteiger partial charge is 0.264 e. The van der Waals surface area contributed by atoms with Gasteiger partial charge < -0.3 is 10.2 Å². The molecule has 10 heteroatoms. The third-order valence-corrected chi connectivity index (χ3v) is 10.1. The highest BCUT2D eigenvalue weighted by Gasteiger charge is 2.35. The fraction of sp³-hybridized carbons (Fsp3) is 0.278. The van der Waals surface area contributed by atoms with Crippen molar-refractivity contribution in [2.45, 2.75) is 64.1 Å². The molecule has 4 rings (SSSR count). The number of hydrogen-bond donors (Lipinski definition) is 1. The summed E-state index contributed by atoms with van der Waals surface area (Å²) in [6.07, 6.45) is 0.931.